The van der Waals surface area contributed by atoms with Crippen LogP contribution < -0.4 is 14.2 Å². The van der Waals surface area contributed by atoms with Gasteiger partial charge >= 0.3 is 15.2 Å². The molecule has 0 aliphatic rings. The molecule has 1 unspecified atom stereocenters. The lowest BCUT2D eigenvalue weighted by Crippen LogP contribution is -2.40. The molecule has 0 aliphatic heterocycles. The SMILES string of the molecule is COc1cc(-c2cnc3cc(OC(C)C(C)(C)OP(OCc4ccccc4)OCc4ccccc4)c(C)nn23)cc(OC(F)F)c1C. The summed E-state index contributed by atoms with van der Waals surface area (Å²) < 4.78 is 63.2. The molecule has 0 amide bonds. The van der Waals surface area contributed by atoms with Crippen molar-refractivity contribution in [1.29, 1.82) is 0 Å². The van der Waals surface area contributed by atoms with Gasteiger partial charge in [-0.2, -0.15) is 13.9 Å². The van der Waals surface area contributed by atoms with Gasteiger partial charge in [-0.15, -0.1) is 0 Å². The van der Waals surface area contributed by atoms with Crippen LogP contribution in [0.3, 0.4) is 0 Å². The van der Waals surface area contributed by atoms with Gasteiger partial charge in [0.2, 0.25) is 0 Å². The molecule has 12 heteroatoms. The molecule has 5 aromatic rings. The fraction of sp³-hybridized carbons (Fsp3) is 0.314. The van der Waals surface area contributed by atoms with Crippen LogP contribution in [0.4, 0.5) is 8.78 Å². The molecule has 0 bridgehead atoms. The molecule has 1 atom stereocenters. The maximum atomic E-state index is 13.1. The lowest BCUT2D eigenvalue weighted by Gasteiger charge is -2.34. The number of aromatic nitrogens is 3. The summed E-state index contributed by atoms with van der Waals surface area (Å²) in [5, 5.41) is 4.72. The molecule has 47 heavy (non-hydrogen) atoms. The minimum atomic E-state index is -2.98. The van der Waals surface area contributed by atoms with E-state index in [2.05, 4.69) is 4.98 Å². The first-order valence-electron chi connectivity index (χ1n) is 15.0. The summed E-state index contributed by atoms with van der Waals surface area (Å²) in [7, 11) is -0.285. The Hall–Kier alpha value is -4.15. The molecule has 0 saturated carbocycles. The van der Waals surface area contributed by atoms with Crippen LogP contribution in [0.5, 0.6) is 17.2 Å². The van der Waals surface area contributed by atoms with E-state index in [1.807, 2.05) is 88.4 Å². The van der Waals surface area contributed by atoms with Crippen molar-refractivity contribution in [3.05, 3.63) is 107 Å². The van der Waals surface area contributed by atoms with E-state index in [-0.39, 0.29) is 5.75 Å². The number of benzene rings is 3. The number of halogens is 2. The molecule has 0 saturated heterocycles. The van der Waals surface area contributed by atoms with E-state index < -0.39 is 26.9 Å². The second-order valence-electron chi connectivity index (χ2n) is 11.4. The summed E-state index contributed by atoms with van der Waals surface area (Å²) >= 11 is 0. The molecule has 0 aliphatic carbocycles. The summed E-state index contributed by atoms with van der Waals surface area (Å²) in [6, 6.07) is 24.7. The van der Waals surface area contributed by atoms with Gasteiger partial charge in [-0.05, 0) is 57.9 Å². The van der Waals surface area contributed by atoms with Crippen LogP contribution in [-0.2, 0) is 26.8 Å². The predicted octanol–water partition coefficient (Wildman–Crippen LogP) is 8.85. The number of imidazole rings is 1. The lowest BCUT2D eigenvalue weighted by molar-refractivity contribution is -0.0503. The van der Waals surface area contributed by atoms with Gasteiger partial charge in [-0.3, -0.25) is 0 Å². The molecular weight excluding hydrogens is 627 g/mol. The Morgan fingerprint density at radius 3 is 2.00 bits per heavy atom. The van der Waals surface area contributed by atoms with Gasteiger partial charge < -0.3 is 27.8 Å². The van der Waals surface area contributed by atoms with Crippen molar-refractivity contribution in [3.8, 4) is 28.5 Å². The quantitative estimate of drug-likeness (QED) is 0.103. The Bertz CT molecular complexity index is 1730. The van der Waals surface area contributed by atoms with E-state index in [9.17, 15) is 8.78 Å². The zero-order valence-corrected chi connectivity index (χ0v) is 28.0. The average molecular weight is 666 g/mol. The fourth-order valence-electron chi connectivity index (χ4n) is 4.63. The van der Waals surface area contributed by atoms with Crippen molar-refractivity contribution < 1.29 is 36.6 Å². The van der Waals surface area contributed by atoms with Crippen molar-refractivity contribution >= 4 is 14.2 Å². The summed E-state index contributed by atoms with van der Waals surface area (Å²) in [5.74, 6) is 0.931. The van der Waals surface area contributed by atoms with Crippen molar-refractivity contribution in [1.82, 2.24) is 14.6 Å². The zero-order chi connectivity index (χ0) is 33.6. The smallest absolute Gasteiger partial charge is 0.387 e. The third-order valence-corrected chi connectivity index (χ3v) is 8.93. The highest BCUT2D eigenvalue weighted by Crippen LogP contribution is 2.47. The zero-order valence-electron chi connectivity index (χ0n) is 27.1. The Balaban J connectivity index is 1.34. The number of ether oxygens (including phenoxy) is 3. The van der Waals surface area contributed by atoms with Crippen LogP contribution in [0.1, 0.15) is 43.2 Å². The van der Waals surface area contributed by atoms with E-state index >= 15 is 0 Å². The van der Waals surface area contributed by atoms with Gasteiger partial charge in [0.25, 0.3) is 0 Å². The van der Waals surface area contributed by atoms with Crippen LogP contribution in [0, 0.1) is 13.8 Å². The van der Waals surface area contributed by atoms with Crippen molar-refractivity contribution in [2.24, 2.45) is 0 Å². The molecule has 2 heterocycles. The second-order valence-corrected chi connectivity index (χ2v) is 12.5. The molecular formula is C35H38F2N3O6P. The molecule has 9 nitrogen and oxygen atoms in total. The molecule has 0 N–H and O–H groups in total. The monoisotopic (exact) mass is 665 g/mol. The molecule has 2 aromatic heterocycles. The van der Waals surface area contributed by atoms with Crippen LogP contribution in [0.25, 0.3) is 16.9 Å². The first-order valence-corrected chi connectivity index (χ1v) is 16.1. The lowest BCUT2D eigenvalue weighted by atomic mass is 10.0. The van der Waals surface area contributed by atoms with Gasteiger partial charge in [0.1, 0.15) is 34.6 Å². The first kappa shape index (κ1) is 34.2. The third kappa shape index (κ3) is 8.61. The summed E-state index contributed by atoms with van der Waals surface area (Å²) in [6.07, 6.45) is 1.15. The van der Waals surface area contributed by atoms with Crippen LogP contribution in [0.2, 0.25) is 0 Å². The number of rotatable bonds is 15. The van der Waals surface area contributed by atoms with Crippen LogP contribution in [-0.4, -0.2) is 40.0 Å². The maximum Gasteiger partial charge on any atom is 0.387 e. The second kappa shape index (κ2) is 15.2. The molecule has 248 valence electrons. The molecule has 0 spiro atoms. The topological polar surface area (TPSA) is 85.6 Å². The molecule has 0 fully saturated rings. The van der Waals surface area contributed by atoms with Gasteiger partial charge in [-0.25, -0.2) is 9.50 Å². The highest BCUT2D eigenvalue weighted by atomic mass is 31.2. The van der Waals surface area contributed by atoms with Gasteiger partial charge in [-0.1, -0.05) is 60.7 Å². The standard InChI is InChI=1S/C35H38F2N3O6P/c1-23-30(41-6)17-28(18-31(23)45-34(36)37)29-20-38-33-19-32(24(2)39-40(29)33)44-25(3)35(4,5)46-47(42-21-26-13-9-7-10-14-26)43-22-27-15-11-8-12-16-27/h7-20,25,34H,21-22H2,1-6H3. The van der Waals surface area contributed by atoms with Crippen molar-refractivity contribution in [3.63, 3.8) is 0 Å². The van der Waals surface area contributed by atoms with Crippen LogP contribution >= 0.6 is 8.60 Å². The minimum Gasteiger partial charge on any atom is -0.496 e. The number of hydrogen-bond donors (Lipinski definition) is 0. The number of aryl methyl sites for hydroxylation is 1. The highest BCUT2D eigenvalue weighted by Gasteiger charge is 2.34. The van der Waals surface area contributed by atoms with Crippen LogP contribution in [0.15, 0.2) is 85.1 Å². The minimum absolute atomic E-state index is 0.0116. The van der Waals surface area contributed by atoms with Crippen molar-refractivity contribution in [2.45, 2.75) is 66.1 Å². The molecule has 5 rings (SSSR count). The predicted molar refractivity (Wildman–Crippen MR) is 176 cm³/mol. The number of hydrogen-bond acceptors (Lipinski definition) is 8. The largest absolute Gasteiger partial charge is 0.496 e. The highest BCUT2D eigenvalue weighted by molar-refractivity contribution is 7.41. The number of methoxy groups -OCH3 is 1. The van der Waals surface area contributed by atoms with Crippen molar-refractivity contribution in [2.75, 3.05) is 7.11 Å². The summed E-state index contributed by atoms with van der Waals surface area (Å²) in [6.45, 7) is 6.90. The summed E-state index contributed by atoms with van der Waals surface area (Å²) in [5.41, 5.74) is 3.85. The van der Waals surface area contributed by atoms with E-state index in [0.29, 0.717) is 52.9 Å². The normalized spacial score (nSPS) is 12.6. The Morgan fingerprint density at radius 2 is 1.43 bits per heavy atom. The van der Waals surface area contributed by atoms with E-state index in [1.165, 1.54) is 13.2 Å². The Kier molecular flexibility index (Phi) is 11.0. The average Bonchev–Trinajstić information content (AvgIpc) is 3.46. The maximum absolute atomic E-state index is 13.1. The Morgan fingerprint density at radius 1 is 0.830 bits per heavy atom. The summed E-state index contributed by atoms with van der Waals surface area (Å²) in [4.78, 5) is 4.51. The van der Waals surface area contributed by atoms with Gasteiger partial charge in [0.15, 0.2) is 5.65 Å². The van der Waals surface area contributed by atoms with Gasteiger partial charge in [0, 0.05) is 17.2 Å². The third-order valence-electron chi connectivity index (χ3n) is 7.63. The number of alkyl halides is 2. The van der Waals surface area contributed by atoms with E-state index in [1.54, 1.807) is 29.8 Å². The van der Waals surface area contributed by atoms with Gasteiger partial charge in [0.05, 0.1) is 32.2 Å². The molecule has 0 radical (unpaired) electrons. The van der Waals surface area contributed by atoms with E-state index in [4.69, 9.17) is 32.9 Å². The van der Waals surface area contributed by atoms with E-state index in [0.717, 1.165) is 11.1 Å². The number of nitrogens with zero attached hydrogens (tertiary/aromatic N) is 3. The molecule has 3 aromatic carbocycles. The first-order chi connectivity index (χ1) is 22.5. The fourth-order valence-corrected chi connectivity index (χ4v) is 5.85. The Labute approximate surface area is 274 Å². The number of fused-ring (bicyclic) bond motifs is 1.